The molecule has 0 spiro atoms. The first-order valence-electron chi connectivity index (χ1n) is 6.45. The van der Waals surface area contributed by atoms with Gasteiger partial charge >= 0.3 is 0 Å². The van der Waals surface area contributed by atoms with Gasteiger partial charge in [-0.1, -0.05) is 27.7 Å². The predicted octanol–water partition coefficient (Wildman–Crippen LogP) is 1.59. The van der Waals surface area contributed by atoms with E-state index in [-0.39, 0.29) is 11.3 Å². The van der Waals surface area contributed by atoms with Crippen molar-refractivity contribution < 1.29 is 10.2 Å². The highest BCUT2D eigenvalue weighted by Crippen LogP contribution is 2.57. The predicted molar refractivity (Wildman–Crippen MR) is 63.9 cm³/mol. The third-order valence-electron chi connectivity index (χ3n) is 5.05. The lowest BCUT2D eigenvalue weighted by Crippen LogP contribution is -2.66. The van der Waals surface area contributed by atoms with Crippen LogP contribution in [0, 0.1) is 11.3 Å². The molecule has 2 fully saturated rings. The summed E-state index contributed by atoms with van der Waals surface area (Å²) < 4.78 is 0. The molecule has 3 nitrogen and oxygen atoms in total. The SMILES string of the molecule is CC(C)C(O)(O)[C@]12CCCN1CCC2(C)C. The van der Waals surface area contributed by atoms with Crippen LogP contribution in [0.3, 0.4) is 0 Å². The second-order valence-corrected chi connectivity index (χ2v) is 6.47. The fourth-order valence-electron chi connectivity index (χ4n) is 3.96. The van der Waals surface area contributed by atoms with Crippen molar-refractivity contribution in [2.24, 2.45) is 11.3 Å². The Morgan fingerprint density at radius 3 is 2.31 bits per heavy atom. The van der Waals surface area contributed by atoms with Gasteiger partial charge in [-0.15, -0.1) is 0 Å². The summed E-state index contributed by atoms with van der Waals surface area (Å²) in [6.45, 7) is 10.2. The van der Waals surface area contributed by atoms with Crippen molar-refractivity contribution in [2.45, 2.75) is 58.3 Å². The van der Waals surface area contributed by atoms with Gasteiger partial charge in [-0.2, -0.15) is 0 Å². The lowest BCUT2D eigenvalue weighted by Gasteiger charge is -2.52. The van der Waals surface area contributed by atoms with Gasteiger partial charge in [0.1, 0.15) is 0 Å². The van der Waals surface area contributed by atoms with Gasteiger partial charge in [0.2, 0.25) is 0 Å². The summed E-state index contributed by atoms with van der Waals surface area (Å²) in [5.41, 5.74) is -0.453. The maximum Gasteiger partial charge on any atom is 0.184 e. The van der Waals surface area contributed by atoms with E-state index in [4.69, 9.17) is 0 Å². The highest BCUT2D eigenvalue weighted by Gasteiger charge is 2.66. The number of nitrogens with zero attached hydrogens (tertiary/aromatic N) is 1. The van der Waals surface area contributed by atoms with Gasteiger partial charge in [-0.25, -0.2) is 0 Å². The van der Waals surface area contributed by atoms with Crippen LogP contribution in [-0.4, -0.2) is 39.5 Å². The molecule has 1 atom stereocenters. The van der Waals surface area contributed by atoms with Gasteiger partial charge in [-0.05, 0) is 37.8 Å². The molecule has 2 aliphatic rings. The van der Waals surface area contributed by atoms with Crippen molar-refractivity contribution in [1.29, 1.82) is 0 Å². The molecule has 3 heteroatoms. The molecule has 94 valence electrons. The number of fused-ring (bicyclic) bond motifs is 1. The minimum atomic E-state index is -1.58. The molecule has 2 heterocycles. The standard InChI is InChI=1S/C13H25NO2/c1-10(2)13(15,16)12-6-5-8-14(12)9-7-11(12,3)4/h10,15-16H,5-9H2,1-4H3/t12-/m1/s1. The van der Waals surface area contributed by atoms with E-state index in [1.807, 2.05) is 13.8 Å². The maximum atomic E-state index is 10.6. The van der Waals surface area contributed by atoms with Crippen molar-refractivity contribution in [2.75, 3.05) is 13.1 Å². The van der Waals surface area contributed by atoms with E-state index in [9.17, 15) is 10.2 Å². The van der Waals surface area contributed by atoms with E-state index in [0.29, 0.717) is 0 Å². The van der Waals surface area contributed by atoms with Crippen LogP contribution in [0.1, 0.15) is 47.0 Å². The molecule has 0 unspecified atom stereocenters. The highest BCUT2D eigenvalue weighted by atomic mass is 16.5. The molecular formula is C13H25NO2. The van der Waals surface area contributed by atoms with Crippen molar-refractivity contribution in [3.05, 3.63) is 0 Å². The molecule has 0 bridgehead atoms. The Hall–Kier alpha value is -0.120. The zero-order chi connectivity index (χ0) is 12.2. The maximum absolute atomic E-state index is 10.6. The fourth-order valence-corrected chi connectivity index (χ4v) is 3.96. The highest BCUT2D eigenvalue weighted by molar-refractivity contribution is 5.17. The van der Waals surface area contributed by atoms with E-state index in [2.05, 4.69) is 18.7 Å². The average molecular weight is 227 g/mol. The molecule has 2 aliphatic heterocycles. The Labute approximate surface area is 98.5 Å². The molecule has 0 aromatic heterocycles. The van der Waals surface area contributed by atoms with Gasteiger partial charge < -0.3 is 10.2 Å². The van der Waals surface area contributed by atoms with Crippen LogP contribution in [0.4, 0.5) is 0 Å². The molecule has 0 saturated carbocycles. The summed E-state index contributed by atoms with van der Waals surface area (Å²) >= 11 is 0. The zero-order valence-corrected chi connectivity index (χ0v) is 11.0. The first-order chi connectivity index (χ1) is 7.26. The molecule has 2 rings (SSSR count). The molecule has 0 aromatic carbocycles. The Morgan fingerprint density at radius 2 is 1.75 bits per heavy atom. The normalized spacial score (nSPS) is 34.7. The fraction of sp³-hybridized carbons (Fsp3) is 1.00. The second kappa shape index (κ2) is 3.44. The summed E-state index contributed by atoms with van der Waals surface area (Å²) in [7, 11) is 0. The van der Waals surface area contributed by atoms with Gasteiger partial charge in [0.05, 0.1) is 5.54 Å². The molecule has 2 N–H and O–H groups in total. The Bertz CT molecular complexity index is 286. The molecule has 0 radical (unpaired) electrons. The summed E-state index contributed by atoms with van der Waals surface area (Å²) in [5.74, 6) is -1.71. The molecule has 0 amide bonds. The number of rotatable bonds is 2. The van der Waals surface area contributed by atoms with Crippen LogP contribution in [0.2, 0.25) is 0 Å². The van der Waals surface area contributed by atoms with E-state index < -0.39 is 11.3 Å². The number of hydrogen-bond acceptors (Lipinski definition) is 3. The molecular weight excluding hydrogens is 202 g/mol. The van der Waals surface area contributed by atoms with Crippen LogP contribution in [-0.2, 0) is 0 Å². The third kappa shape index (κ3) is 1.25. The Kier molecular flexibility index (Phi) is 2.65. The first kappa shape index (κ1) is 12.3. The van der Waals surface area contributed by atoms with Crippen molar-refractivity contribution in [1.82, 2.24) is 4.90 Å². The van der Waals surface area contributed by atoms with Gasteiger partial charge in [0.25, 0.3) is 0 Å². The van der Waals surface area contributed by atoms with E-state index in [1.165, 1.54) is 0 Å². The second-order valence-electron chi connectivity index (χ2n) is 6.47. The first-order valence-corrected chi connectivity index (χ1v) is 6.45. The average Bonchev–Trinajstić information content (AvgIpc) is 2.67. The van der Waals surface area contributed by atoms with Crippen LogP contribution >= 0.6 is 0 Å². The van der Waals surface area contributed by atoms with Crippen LogP contribution in [0.15, 0.2) is 0 Å². The molecule has 2 saturated heterocycles. The van der Waals surface area contributed by atoms with Crippen LogP contribution in [0.5, 0.6) is 0 Å². The molecule has 0 aromatic rings. The molecule has 16 heavy (non-hydrogen) atoms. The lowest BCUT2D eigenvalue weighted by molar-refractivity contribution is -0.281. The minimum Gasteiger partial charge on any atom is -0.364 e. The zero-order valence-electron chi connectivity index (χ0n) is 11.0. The van der Waals surface area contributed by atoms with Crippen molar-refractivity contribution in [3.63, 3.8) is 0 Å². The number of hydrogen-bond donors (Lipinski definition) is 2. The lowest BCUT2D eigenvalue weighted by atomic mass is 9.64. The van der Waals surface area contributed by atoms with Crippen LogP contribution < -0.4 is 0 Å². The van der Waals surface area contributed by atoms with Crippen molar-refractivity contribution in [3.8, 4) is 0 Å². The number of aliphatic hydroxyl groups is 2. The van der Waals surface area contributed by atoms with Gasteiger partial charge in [-0.3, -0.25) is 4.90 Å². The third-order valence-corrected chi connectivity index (χ3v) is 5.05. The summed E-state index contributed by atoms with van der Waals surface area (Å²) in [5, 5.41) is 21.2. The summed E-state index contributed by atoms with van der Waals surface area (Å²) in [4.78, 5) is 2.31. The van der Waals surface area contributed by atoms with E-state index in [0.717, 1.165) is 32.4 Å². The van der Waals surface area contributed by atoms with Gasteiger partial charge in [0.15, 0.2) is 5.79 Å². The monoisotopic (exact) mass is 227 g/mol. The smallest absolute Gasteiger partial charge is 0.184 e. The van der Waals surface area contributed by atoms with Crippen LogP contribution in [0.25, 0.3) is 0 Å². The van der Waals surface area contributed by atoms with Crippen molar-refractivity contribution >= 4 is 0 Å². The summed E-state index contributed by atoms with van der Waals surface area (Å²) in [6, 6.07) is 0. The quantitative estimate of drug-likeness (QED) is 0.704. The Balaban J connectivity index is 2.47. The largest absolute Gasteiger partial charge is 0.364 e. The summed E-state index contributed by atoms with van der Waals surface area (Å²) in [6.07, 6.45) is 3.05. The minimum absolute atomic E-state index is 0.0166. The topological polar surface area (TPSA) is 43.7 Å². The Morgan fingerprint density at radius 1 is 1.12 bits per heavy atom. The molecule has 0 aliphatic carbocycles. The van der Waals surface area contributed by atoms with E-state index >= 15 is 0 Å². The van der Waals surface area contributed by atoms with E-state index in [1.54, 1.807) is 0 Å². The van der Waals surface area contributed by atoms with Gasteiger partial charge in [0, 0.05) is 5.92 Å².